The molecule has 3 rings (SSSR count). The van der Waals surface area contributed by atoms with E-state index in [1.807, 2.05) is 0 Å². The molecule has 3 saturated heterocycles. The van der Waals surface area contributed by atoms with Gasteiger partial charge >= 0.3 is 0 Å². The van der Waals surface area contributed by atoms with E-state index < -0.39 is 0 Å². The van der Waals surface area contributed by atoms with Gasteiger partial charge in [0.1, 0.15) is 0 Å². The van der Waals surface area contributed by atoms with Gasteiger partial charge in [0, 0.05) is 25.7 Å². The fourth-order valence-electron chi connectivity index (χ4n) is 4.40. The zero-order chi connectivity index (χ0) is 15.4. The molecule has 0 aromatic heterocycles. The van der Waals surface area contributed by atoms with E-state index in [0.29, 0.717) is 6.10 Å². The molecule has 128 valence electrons. The van der Waals surface area contributed by atoms with Crippen LogP contribution in [0.25, 0.3) is 0 Å². The molecule has 3 aliphatic heterocycles. The van der Waals surface area contributed by atoms with Gasteiger partial charge in [0.2, 0.25) is 0 Å². The maximum atomic E-state index is 5.82. The molecule has 4 nitrogen and oxygen atoms in total. The molecule has 0 aromatic rings. The van der Waals surface area contributed by atoms with E-state index in [9.17, 15) is 0 Å². The lowest BCUT2D eigenvalue weighted by atomic mass is 9.94. The smallest absolute Gasteiger partial charge is 0.0700 e. The van der Waals surface area contributed by atoms with Crippen molar-refractivity contribution < 1.29 is 4.74 Å². The highest BCUT2D eigenvalue weighted by Gasteiger charge is 2.29. The number of likely N-dealkylation sites (tertiary alicyclic amines) is 2. The van der Waals surface area contributed by atoms with Crippen molar-refractivity contribution >= 4 is 0 Å². The quantitative estimate of drug-likeness (QED) is 0.789. The molecule has 0 aliphatic carbocycles. The predicted molar refractivity (Wildman–Crippen MR) is 91.3 cm³/mol. The summed E-state index contributed by atoms with van der Waals surface area (Å²) in [5.74, 6) is 0.945. The Morgan fingerprint density at radius 1 is 0.955 bits per heavy atom. The summed E-state index contributed by atoms with van der Waals surface area (Å²) in [6.45, 7) is 12.1. The summed E-state index contributed by atoms with van der Waals surface area (Å²) in [4.78, 5) is 7.93. The maximum absolute atomic E-state index is 5.82. The van der Waals surface area contributed by atoms with Crippen molar-refractivity contribution in [2.75, 3.05) is 59.5 Å². The van der Waals surface area contributed by atoms with Gasteiger partial charge in [-0.2, -0.15) is 0 Å². The zero-order valence-electron chi connectivity index (χ0n) is 14.7. The van der Waals surface area contributed by atoms with Crippen LogP contribution in [-0.2, 0) is 4.74 Å². The number of rotatable bonds is 4. The molecule has 0 aromatic carbocycles. The van der Waals surface area contributed by atoms with E-state index >= 15 is 0 Å². The number of piperidine rings is 2. The van der Waals surface area contributed by atoms with Gasteiger partial charge in [-0.25, -0.2) is 0 Å². The van der Waals surface area contributed by atoms with Crippen LogP contribution in [0, 0.1) is 5.92 Å². The number of hydrogen-bond donors (Lipinski definition) is 0. The van der Waals surface area contributed by atoms with Crippen molar-refractivity contribution in [2.45, 2.75) is 51.2 Å². The summed E-state index contributed by atoms with van der Waals surface area (Å²) in [5, 5.41) is 0. The minimum Gasteiger partial charge on any atom is -0.376 e. The molecule has 1 atom stereocenters. The summed E-state index contributed by atoms with van der Waals surface area (Å²) < 4.78 is 5.82. The fraction of sp³-hybridized carbons (Fsp3) is 1.00. The van der Waals surface area contributed by atoms with Gasteiger partial charge in [-0.15, -0.1) is 0 Å². The van der Waals surface area contributed by atoms with Crippen LogP contribution in [0.4, 0.5) is 0 Å². The fourth-order valence-corrected chi connectivity index (χ4v) is 4.40. The summed E-state index contributed by atoms with van der Waals surface area (Å²) >= 11 is 0. The second kappa shape index (κ2) is 8.09. The number of hydrogen-bond acceptors (Lipinski definition) is 4. The van der Waals surface area contributed by atoms with Gasteiger partial charge in [-0.1, -0.05) is 6.92 Å². The van der Waals surface area contributed by atoms with Crippen molar-refractivity contribution in [2.24, 2.45) is 5.92 Å². The zero-order valence-corrected chi connectivity index (χ0v) is 14.7. The lowest BCUT2D eigenvalue weighted by Gasteiger charge is -2.43. The molecule has 0 bridgehead atoms. The summed E-state index contributed by atoms with van der Waals surface area (Å²) in [5.41, 5.74) is 0. The molecular weight excluding hydrogens is 274 g/mol. The molecule has 0 N–H and O–H groups in total. The minimum absolute atomic E-state index is 0.478. The lowest BCUT2D eigenvalue weighted by molar-refractivity contribution is -0.0534. The van der Waals surface area contributed by atoms with Gasteiger partial charge < -0.3 is 14.5 Å². The second-order valence-corrected chi connectivity index (χ2v) is 7.67. The molecule has 4 heteroatoms. The van der Waals surface area contributed by atoms with E-state index in [4.69, 9.17) is 4.74 Å². The highest BCUT2D eigenvalue weighted by atomic mass is 16.5. The first-order chi connectivity index (χ1) is 10.7. The van der Waals surface area contributed by atoms with Crippen molar-refractivity contribution in [3.05, 3.63) is 0 Å². The standard InChI is InChI=1S/C18H35N3O/c1-3-18-15-21(12-13-22-18)17-6-10-20(11-7-17)14-16-4-8-19(2)9-5-16/h16-18H,3-15H2,1-2H3/t18-/m0/s1. The molecule has 0 unspecified atom stereocenters. The first-order valence-corrected chi connectivity index (χ1v) is 9.51. The average molecular weight is 309 g/mol. The Balaban J connectivity index is 1.38. The Kier molecular flexibility index (Phi) is 6.14. The Morgan fingerprint density at radius 2 is 1.68 bits per heavy atom. The number of morpholine rings is 1. The molecule has 3 fully saturated rings. The van der Waals surface area contributed by atoms with E-state index in [-0.39, 0.29) is 0 Å². The first-order valence-electron chi connectivity index (χ1n) is 9.51. The van der Waals surface area contributed by atoms with Crippen LogP contribution in [0.15, 0.2) is 0 Å². The SMILES string of the molecule is CC[C@H]1CN(C2CCN(CC3CCN(C)CC3)CC2)CCO1. The van der Waals surface area contributed by atoms with Crippen LogP contribution in [-0.4, -0.2) is 86.3 Å². The summed E-state index contributed by atoms with van der Waals surface area (Å²) in [6.07, 6.45) is 7.17. The van der Waals surface area contributed by atoms with Crippen LogP contribution in [0.3, 0.4) is 0 Å². The topological polar surface area (TPSA) is 19.0 Å². The maximum Gasteiger partial charge on any atom is 0.0700 e. The summed E-state index contributed by atoms with van der Waals surface area (Å²) in [6, 6.07) is 0.812. The lowest BCUT2D eigenvalue weighted by Crippen LogP contribution is -2.52. The third-order valence-electron chi connectivity index (χ3n) is 6.05. The van der Waals surface area contributed by atoms with Crippen LogP contribution >= 0.6 is 0 Å². The van der Waals surface area contributed by atoms with E-state index in [2.05, 4.69) is 28.7 Å². The van der Waals surface area contributed by atoms with E-state index in [0.717, 1.165) is 38.1 Å². The normalized spacial score (nSPS) is 31.6. The van der Waals surface area contributed by atoms with Crippen LogP contribution in [0.2, 0.25) is 0 Å². The Bertz CT molecular complexity index is 322. The van der Waals surface area contributed by atoms with Crippen LogP contribution in [0.1, 0.15) is 39.0 Å². The van der Waals surface area contributed by atoms with Crippen molar-refractivity contribution in [1.82, 2.24) is 14.7 Å². The van der Waals surface area contributed by atoms with Gasteiger partial charge in [-0.3, -0.25) is 4.90 Å². The van der Waals surface area contributed by atoms with Gasteiger partial charge in [-0.05, 0) is 71.2 Å². The Hall–Kier alpha value is -0.160. The van der Waals surface area contributed by atoms with Crippen LogP contribution in [0.5, 0.6) is 0 Å². The Labute approximate surface area is 136 Å². The highest BCUT2D eigenvalue weighted by molar-refractivity contribution is 4.84. The first kappa shape index (κ1) is 16.7. The molecule has 3 aliphatic rings. The van der Waals surface area contributed by atoms with Crippen molar-refractivity contribution in [3.63, 3.8) is 0 Å². The molecule has 0 radical (unpaired) electrons. The minimum atomic E-state index is 0.478. The van der Waals surface area contributed by atoms with Gasteiger partial charge in [0.25, 0.3) is 0 Å². The molecule has 0 amide bonds. The third-order valence-corrected chi connectivity index (χ3v) is 6.05. The van der Waals surface area contributed by atoms with E-state index in [1.54, 1.807) is 0 Å². The van der Waals surface area contributed by atoms with Crippen molar-refractivity contribution in [1.29, 1.82) is 0 Å². The number of nitrogens with zero attached hydrogens (tertiary/aromatic N) is 3. The predicted octanol–water partition coefficient (Wildman–Crippen LogP) is 1.90. The monoisotopic (exact) mass is 309 g/mol. The third kappa shape index (κ3) is 4.44. The molecule has 3 heterocycles. The van der Waals surface area contributed by atoms with Gasteiger partial charge in [0.15, 0.2) is 0 Å². The molecule has 0 spiro atoms. The highest BCUT2D eigenvalue weighted by Crippen LogP contribution is 2.23. The summed E-state index contributed by atoms with van der Waals surface area (Å²) in [7, 11) is 2.26. The molecule has 22 heavy (non-hydrogen) atoms. The van der Waals surface area contributed by atoms with E-state index in [1.165, 1.54) is 58.4 Å². The molecule has 0 saturated carbocycles. The van der Waals surface area contributed by atoms with Gasteiger partial charge in [0.05, 0.1) is 12.7 Å². The Morgan fingerprint density at radius 3 is 2.36 bits per heavy atom. The molecular formula is C18H35N3O. The van der Waals surface area contributed by atoms with Crippen molar-refractivity contribution in [3.8, 4) is 0 Å². The van der Waals surface area contributed by atoms with Crippen LogP contribution < -0.4 is 0 Å². The largest absolute Gasteiger partial charge is 0.376 e. The number of ether oxygens (including phenoxy) is 1. The second-order valence-electron chi connectivity index (χ2n) is 7.67. The average Bonchev–Trinajstić information content (AvgIpc) is 2.58.